The number of aromatic nitrogens is 4. The highest BCUT2D eigenvalue weighted by molar-refractivity contribution is 7.99. The van der Waals surface area contributed by atoms with E-state index in [1.165, 1.54) is 6.33 Å². The molecule has 78 valence electrons. The van der Waals surface area contributed by atoms with Crippen molar-refractivity contribution >= 4 is 34.5 Å². The molecule has 6 heteroatoms. The molecule has 0 aliphatic carbocycles. The summed E-state index contributed by atoms with van der Waals surface area (Å²) in [6, 6.07) is 0. The Hall–Kier alpha value is -1.07. The second-order valence-electron chi connectivity index (χ2n) is 2.95. The summed E-state index contributed by atoms with van der Waals surface area (Å²) in [7, 11) is 0. The van der Waals surface area contributed by atoms with Crippen molar-refractivity contribution in [3.63, 3.8) is 0 Å². The number of nitrogens with zero attached hydrogens (tertiary/aromatic N) is 3. The van der Waals surface area contributed by atoms with Crippen LogP contribution in [-0.4, -0.2) is 31.6 Å². The van der Waals surface area contributed by atoms with Gasteiger partial charge in [-0.3, -0.25) is 0 Å². The van der Waals surface area contributed by atoms with Crippen LogP contribution >= 0.6 is 23.4 Å². The van der Waals surface area contributed by atoms with Crippen LogP contribution < -0.4 is 0 Å². The number of thioether (sulfide) groups is 1. The van der Waals surface area contributed by atoms with E-state index in [0.717, 1.165) is 21.9 Å². The first-order chi connectivity index (χ1) is 7.31. The molecule has 0 spiro atoms. The molecule has 0 aliphatic rings. The highest BCUT2D eigenvalue weighted by atomic mass is 35.5. The molecule has 1 N–H and O–H groups in total. The van der Waals surface area contributed by atoms with E-state index in [0.29, 0.717) is 11.5 Å². The van der Waals surface area contributed by atoms with Gasteiger partial charge in [-0.05, 0) is 0 Å². The number of halogens is 1. The van der Waals surface area contributed by atoms with Gasteiger partial charge in [-0.2, -0.15) is 0 Å². The Labute approximate surface area is 96.2 Å². The number of H-pyrrole nitrogens is 1. The molecule has 15 heavy (non-hydrogen) atoms. The number of rotatable bonds is 4. The minimum absolute atomic E-state index is 0.476. The third-order valence-corrected chi connectivity index (χ3v) is 3.30. The number of fused-ring (bicyclic) bond motifs is 1. The summed E-state index contributed by atoms with van der Waals surface area (Å²) >= 11 is 7.23. The maximum atomic E-state index is 5.65. The van der Waals surface area contributed by atoms with Crippen molar-refractivity contribution in [1.29, 1.82) is 0 Å². The fraction of sp³-hybridized carbons (Fsp3) is 0.222. The Morgan fingerprint density at radius 3 is 3.13 bits per heavy atom. The summed E-state index contributed by atoms with van der Waals surface area (Å²) in [6.45, 7) is 3.83. The van der Waals surface area contributed by atoms with Crippen LogP contribution in [0.4, 0.5) is 0 Å². The lowest BCUT2D eigenvalue weighted by Crippen LogP contribution is -1.90. The summed E-state index contributed by atoms with van der Waals surface area (Å²) in [5.41, 5.74) is 2.53. The third kappa shape index (κ3) is 2.30. The summed E-state index contributed by atoms with van der Waals surface area (Å²) < 4.78 is 0. The van der Waals surface area contributed by atoms with Crippen LogP contribution in [0.25, 0.3) is 11.2 Å². The van der Waals surface area contributed by atoms with Gasteiger partial charge < -0.3 is 4.98 Å². The van der Waals surface area contributed by atoms with Crippen LogP contribution in [0.5, 0.6) is 0 Å². The quantitative estimate of drug-likeness (QED) is 0.385. The van der Waals surface area contributed by atoms with Gasteiger partial charge in [0.15, 0.2) is 5.65 Å². The number of hydrogen-bond donors (Lipinski definition) is 1. The second-order valence-corrected chi connectivity index (χ2v) is 4.18. The van der Waals surface area contributed by atoms with Crippen molar-refractivity contribution in [1.82, 2.24) is 19.9 Å². The fourth-order valence-corrected chi connectivity index (χ4v) is 2.13. The number of aromatic amines is 1. The van der Waals surface area contributed by atoms with Gasteiger partial charge >= 0.3 is 0 Å². The molecule has 0 fully saturated rings. The number of imidazole rings is 1. The SMILES string of the molecule is C=C(CCl)CSc1ncnc2nc[nH]c12. The fourth-order valence-electron chi connectivity index (χ4n) is 1.06. The van der Waals surface area contributed by atoms with Gasteiger partial charge in [0.05, 0.1) is 6.33 Å². The molecule has 2 aromatic heterocycles. The van der Waals surface area contributed by atoms with E-state index in [1.54, 1.807) is 18.1 Å². The normalized spacial score (nSPS) is 10.7. The van der Waals surface area contributed by atoms with Gasteiger partial charge in [-0.25, -0.2) is 15.0 Å². The van der Waals surface area contributed by atoms with Crippen LogP contribution in [-0.2, 0) is 0 Å². The average Bonchev–Trinajstić information content (AvgIpc) is 2.74. The van der Waals surface area contributed by atoms with Crippen molar-refractivity contribution in [2.24, 2.45) is 0 Å². The van der Waals surface area contributed by atoms with E-state index >= 15 is 0 Å². The van der Waals surface area contributed by atoms with E-state index in [-0.39, 0.29) is 0 Å². The summed E-state index contributed by atoms with van der Waals surface area (Å²) in [4.78, 5) is 15.3. The van der Waals surface area contributed by atoms with Crippen LogP contribution in [0, 0.1) is 0 Å². The number of alkyl halides is 1. The van der Waals surface area contributed by atoms with Gasteiger partial charge in [-0.1, -0.05) is 23.9 Å². The standard InChI is InChI=1S/C9H9ClN4S/c1-6(2-10)3-15-9-7-8(12-4-11-7)13-5-14-9/h4-5H,1-3H2,(H,11,12,13,14). The van der Waals surface area contributed by atoms with Gasteiger partial charge in [0.2, 0.25) is 0 Å². The molecule has 0 amide bonds. The van der Waals surface area contributed by atoms with E-state index in [9.17, 15) is 0 Å². The maximum Gasteiger partial charge on any atom is 0.181 e. The lowest BCUT2D eigenvalue weighted by Gasteiger charge is -2.01. The zero-order valence-corrected chi connectivity index (χ0v) is 9.48. The van der Waals surface area contributed by atoms with E-state index in [2.05, 4.69) is 26.5 Å². The molecule has 0 radical (unpaired) electrons. The first-order valence-electron chi connectivity index (χ1n) is 4.30. The van der Waals surface area contributed by atoms with Gasteiger partial charge in [0, 0.05) is 11.6 Å². The van der Waals surface area contributed by atoms with Crippen molar-refractivity contribution in [3.8, 4) is 0 Å². The van der Waals surface area contributed by atoms with E-state index < -0.39 is 0 Å². The van der Waals surface area contributed by atoms with Gasteiger partial charge in [-0.15, -0.1) is 11.6 Å². The molecule has 0 bridgehead atoms. The Morgan fingerprint density at radius 1 is 1.47 bits per heavy atom. The summed E-state index contributed by atoms with van der Waals surface area (Å²) in [5.74, 6) is 1.23. The summed E-state index contributed by atoms with van der Waals surface area (Å²) in [6.07, 6.45) is 3.12. The largest absolute Gasteiger partial charge is 0.341 e. The molecule has 0 saturated carbocycles. The number of nitrogens with one attached hydrogen (secondary N) is 1. The molecular weight excluding hydrogens is 232 g/mol. The van der Waals surface area contributed by atoms with E-state index in [1.807, 2.05) is 0 Å². The molecular formula is C9H9ClN4S. The lowest BCUT2D eigenvalue weighted by atomic mass is 10.4. The minimum atomic E-state index is 0.476. The molecule has 0 aliphatic heterocycles. The van der Waals surface area contributed by atoms with Gasteiger partial charge in [0.1, 0.15) is 16.9 Å². The topological polar surface area (TPSA) is 54.5 Å². The molecule has 2 heterocycles. The van der Waals surface area contributed by atoms with Crippen molar-refractivity contribution < 1.29 is 0 Å². The molecule has 0 unspecified atom stereocenters. The van der Waals surface area contributed by atoms with Crippen LogP contribution in [0.1, 0.15) is 0 Å². The lowest BCUT2D eigenvalue weighted by molar-refractivity contribution is 1.09. The molecule has 0 atom stereocenters. The predicted octanol–water partition coefficient (Wildman–Crippen LogP) is 2.24. The monoisotopic (exact) mass is 240 g/mol. The smallest absolute Gasteiger partial charge is 0.181 e. The number of hydrogen-bond acceptors (Lipinski definition) is 4. The highest BCUT2D eigenvalue weighted by Crippen LogP contribution is 2.23. The molecule has 2 rings (SSSR count). The minimum Gasteiger partial charge on any atom is -0.341 e. The van der Waals surface area contributed by atoms with E-state index in [4.69, 9.17) is 11.6 Å². The van der Waals surface area contributed by atoms with Crippen LogP contribution in [0.15, 0.2) is 29.8 Å². The second kappa shape index (κ2) is 4.63. The Balaban J connectivity index is 2.20. The van der Waals surface area contributed by atoms with Crippen molar-refractivity contribution in [3.05, 3.63) is 24.8 Å². The first kappa shape index (κ1) is 10.4. The Kier molecular flexibility index (Phi) is 3.23. The van der Waals surface area contributed by atoms with Crippen LogP contribution in [0.3, 0.4) is 0 Å². The maximum absolute atomic E-state index is 5.65. The highest BCUT2D eigenvalue weighted by Gasteiger charge is 2.06. The molecule has 0 saturated heterocycles. The summed E-state index contributed by atoms with van der Waals surface area (Å²) in [5, 5.41) is 0.878. The first-order valence-corrected chi connectivity index (χ1v) is 5.82. The van der Waals surface area contributed by atoms with Crippen molar-refractivity contribution in [2.45, 2.75) is 5.03 Å². The molecule has 2 aromatic rings. The molecule has 4 nitrogen and oxygen atoms in total. The Bertz CT molecular complexity index is 482. The van der Waals surface area contributed by atoms with Crippen LogP contribution in [0.2, 0.25) is 0 Å². The Morgan fingerprint density at radius 2 is 2.33 bits per heavy atom. The predicted molar refractivity (Wildman–Crippen MR) is 62.3 cm³/mol. The van der Waals surface area contributed by atoms with Crippen molar-refractivity contribution in [2.75, 3.05) is 11.6 Å². The van der Waals surface area contributed by atoms with Gasteiger partial charge in [0.25, 0.3) is 0 Å². The molecule has 0 aromatic carbocycles. The zero-order chi connectivity index (χ0) is 10.7. The zero-order valence-electron chi connectivity index (χ0n) is 7.90. The third-order valence-electron chi connectivity index (χ3n) is 1.79. The average molecular weight is 241 g/mol.